The molecule has 0 amide bonds. The number of carbonyl (C=O) groups is 1. The highest BCUT2D eigenvalue weighted by atomic mass is 32.2. The lowest BCUT2D eigenvalue weighted by atomic mass is 10.1. The van der Waals surface area contributed by atoms with Crippen LogP contribution in [0.5, 0.6) is 0 Å². The average Bonchev–Trinajstić information content (AvgIpc) is 2.55. The number of carboxylic acid groups (broad SMARTS) is 1. The Balaban J connectivity index is 2.50. The smallest absolute Gasteiger partial charge is 0.307 e. The summed E-state index contributed by atoms with van der Waals surface area (Å²) in [6.45, 7) is 3.51. The first kappa shape index (κ1) is 10.1. The van der Waals surface area contributed by atoms with Gasteiger partial charge < -0.3 is 9.52 Å². The van der Waals surface area contributed by atoms with E-state index in [0.29, 0.717) is 5.22 Å². The largest absolute Gasteiger partial charge is 0.481 e. The highest BCUT2D eigenvalue weighted by Gasteiger charge is 2.21. The first-order valence-corrected chi connectivity index (χ1v) is 4.78. The molecule has 0 aliphatic carbocycles. The maximum atomic E-state index is 10.6. The Labute approximate surface area is 80.3 Å². The van der Waals surface area contributed by atoms with Gasteiger partial charge in [-0.05, 0) is 0 Å². The third-order valence-corrected chi connectivity index (χ3v) is 2.97. The number of thioether (sulfide) groups is 1. The number of carboxylic acids is 1. The lowest BCUT2D eigenvalue weighted by molar-refractivity contribution is -0.140. The molecule has 0 saturated heterocycles. The van der Waals surface area contributed by atoms with Crippen LogP contribution in [-0.4, -0.2) is 21.3 Å². The number of rotatable bonds is 4. The predicted octanol–water partition coefficient (Wildman–Crippen LogP) is 1.88. The molecule has 1 heterocycles. The molecule has 0 radical (unpaired) electrons. The third kappa shape index (κ3) is 2.77. The molecule has 0 saturated carbocycles. The summed E-state index contributed by atoms with van der Waals surface area (Å²) in [4.78, 5) is 14.5. The quantitative estimate of drug-likeness (QED) is 0.753. The fourth-order valence-corrected chi connectivity index (χ4v) is 1.60. The summed E-state index contributed by atoms with van der Waals surface area (Å²) >= 11 is 1.33. The zero-order valence-corrected chi connectivity index (χ0v) is 8.25. The SMILES string of the molecule is CC(Sc1ncco1)C(C)C(=O)O. The summed E-state index contributed by atoms with van der Waals surface area (Å²) in [6.07, 6.45) is 3.01. The maximum absolute atomic E-state index is 10.6. The average molecular weight is 201 g/mol. The van der Waals surface area contributed by atoms with Gasteiger partial charge in [-0.1, -0.05) is 25.6 Å². The molecular formula is C8H11NO3S. The lowest BCUT2D eigenvalue weighted by Crippen LogP contribution is -2.19. The zero-order chi connectivity index (χ0) is 9.84. The second kappa shape index (κ2) is 4.32. The van der Waals surface area contributed by atoms with Gasteiger partial charge in [0.2, 0.25) is 0 Å². The van der Waals surface area contributed by atoms with Crippen molar-refractivity contribution >= 4 is 17.7 Å². The first-order valence-electron chi connectivity index (χ1n) is 3.90. The molecule has 1 aromatic rings. The van der Waals surface area contributed by atoms with Gasteiger partial charge in [0.25, 0.3) is 5.22 Å². The van der Waals surface area contributed by atoms with E-state index in [1.807, 2.05) is 6.92 Å². The molecular weight excluding hydrogens is 190 g/mol. The Morgan fingerprint density at radius 1 is 1.69 bits per heavy atom. The van der Waals surface area contributed by atoms with Gasteiger partial charge in [0, 0.05) is 5.25 Å². The summed E-state index contributed by atoms with van der Waals surface area (Å²) in [5.41, 5.74) is 0. The summed E-state index contributed by atoms with van der Waals surface area (Å²) in [5, 5.41) is 9.19. The number of nitrogens with zero attached hydrogens (tertiary/aromatic N) is 1. The van der Waals surface area contributed by atoms with E-state index < -0.39 is 11.9 Å². The fourth-order valence-electron chi connectivity index (χ4n) is 0.730. The van der Waals surface area contributed by atoms with Gasteiger partial charge in [0.1, 0.15) is 6.26 Å². The van der Waals surface area contributed by atoms with Crippen LogP contribution >= 0.6 is 11.8 Å². The van der Waals surface area contributed by atoms with Crippen molar-refractivity contribution in [2.75, 3.05) is 0 Å². The highest BCUT2D eigenvalue weighted by molar-refractivity contribution is 7.99. The zero-order valence-electron chi connectivity index (χ0n) is 7.43. The van der Waals surface area contributed by atoms with E-state index in [1.54, 1.807) is 13.1 Å². The Morgan fingerprint density at radius 3 is 2.85 bits per heavy atom. The third-order valence-electron chi connectivity index (χ3n) is 1.79. The molecule has 0 bridgehead atoms. The van der Waals surface area contributed by atoms with Crippen LogP contribution in [0.15, 0.2) is 22.1 Å². The lowest BCUT2D eigenvalue weighted by Gasteiger charge is -2.12. The molecule has 4 nitrogen and oxygen atoms in total. The van der Waals surface area contributed by atoms with E-state index in [2.05, 4.69) is 4.98 Å². The minimum absolute atomic E-state index is 0.0452. The van der Waals surface area contributed by atoms with Gasteiger partial charge in [0.15, 0.2) is 0 Å². The van der Waals surface area contributed by atoms with Crippen molar-refractivity contribution in [2.45, 2.75) is 24.3 Å². The van der Waals surface area contributed by atoms with Crippen molar-refractivity contribution < 1.29 is 14.3 Å². The monoisotopic (exact) mass is 201 g/mol. The van der Waals surface area contributed by atoms with Crippen LogP contribution in [0.4, 0.5) is 0 Å². The number of oxazole rings is 1. The predicted molar refractivity (Wildman–Crippen MR) is 48.6 cm³/mol. The van der Waals surface area contributed by atoms with E-state index in [-0.39, 0.29) is 5.25 Å². The number of hydrogen-bond acceptors (Lipinski definition) is 4. The molecule has 0 fully saturated rings. The molecule has 1 N–H and O–H groups in total. The minimum Gasteiger partial charge on any atom is -0.481 e. The fraction of sp³-hybridized carbons (Fsp3) is 0.500. The molecule has 13 heavy (non-hydrogen) atoms. The molecule has 0 aliphatic rings. The standard InChI is InChI=1S/C8H11NO3S/c1-5(7(10)11)6(2)13-8-9-3-4-12-8/h3-6H,1-2H3,(H,10,11). The van der Waals surface area contributed by atoms with E-state index in [0.717, 1.165) is 0 Å². The van der Waals surface area contributed by atoms with Crippen molar-refractivity contribution in [1.29, 1.82) is 0 Å². The Morgan fingerprint density at radius 2 is 2.38 bits per heavy atom. The number of aromatic nitrogens is 1. The normalized spacial score (nSPS) is 15.2. The van der Waals surface area contributed by atoms with Crippen LogP contribution in [0.25, 0.3) is 0 Å². The van der Waals surface area contributed by atoms with Crippen LogP contribution < -0.4 is 0 Å². The van der Waals surface area contributed by atoms with Crippen LogP contribution in [-0.2, 0) is 4.79 Å². The van der Waals surface area contributed by atoms with Gasteiger partial charge in [-0.15, -0.1) is 0 Å². The molecule has 72 valence electrons. The van der Waals surface area contributed by atoms with Gasteiger partial charge >= 0.3 is 5.97 Å². The van der Waals surface area contributed by atoms with E-state index in [4.69, 9.17) is 9.52 Å². The maximum Gasteiger partial charge on any atom is 0.307 e. The van der Waals surface area contributed by atoms with Crippen LogP contribution in [0.1, 0.15) is 13.8 Å². The second-order valence-corrected chi connectivity index (χ2v) is 4.08. The van der Waals surface area contributed by atoms with E-state index in [9.17, 15) is 4.79 Å². The molecule has 2 atom stereocenters. The highest BCUT2D eigenvalue weighted by Crippen LogP contribution is 2.26. The molecule has 0 aromatic carbocycles. The summed E-state index contributed by atoms with van der Waals surface area (Å²) in [5.74, 6) is -1.21. The van der Waals surface area contributed by atoms with Crippen LogP contribution in [0, 0.1) is 5.92 Å². The van der Waals surface area contributed by atoms with Gasteiger partial charge in [-0.3, -0.25) is 4.79 Å². The first-order chi connectivity index (χ1) is 6.11. The molecule has 1 rings (SSSR count). The Hall–Kier alpha value is -0.970. The summed E-state index contributed by atoms with van der Waals surface area (Å²) in [6, 6.07) is 0. The topological polar surface area (TPSA) is 63.3 Å². The van der Waals surface area contributed by atoms with Crippen LogP contribution in [0.2, 0.25) is 0 Å². The molecule has 0 spiro atoms. The van der Waals surface area contributed by atoms with Crippen molar-refractivity contribution in [3.63, 3.8) is 0 Å². The van der Waals surface area contributed by atoms with Crippen molar-refractivity contribution in [1.82, 2.24) is 4.98 Å². The van der Waals surface area contributed by atoms with E-state index in [1.165, 1.54) is 18.0 Å². The second-order valence-electron chi connectivity index (χ2n) is 2.75. The van der Waals surface area contributed by atoms with Crippen LogP contribution in [0.3, 0.4) is 0 Å². The summed E-state index contributed by atoms with van der Waals surface area (Å²) in [7, 11) is 0. The van der Waals surface area contributed by atoms with Crippen molar-refractivity contribution in [2.24, 2.45) is 5.92 Å². The van der Waals surface area contributed by atoms with Gasteiger partial charge in [-0.25, -0.2) is 4.98 Å². The Bertz CT molecular complexity index is 273. The van der Waals surface area contributed by atoms with Gasteiger partial charge in [-0.2, -0.15) is 0 Å². The molecule has 5 heteroatoms. The van der Waals surface area contributed by atoms with Gasteiger partial charge in [0.05, 0.1) is 12.1 Å². The molecule has 0 aliphatic heterocycles. The Kier molecular flexibility index (Phi) is 3.36. The number of hydrogen-bond donors (Lipinski definition) is 1. The number of aliphatic carboxylic acids is 1. The summed E-state index contributed by atoms with van der Waals surface area (Å²) < 4.78 is 4.99. The molecule has 2 unspecified atom stereocenters. The van der Waals surface area contributed by atoms with Crippen molar-refractivity contribution in [3.05, 3.63) is 12.5 Å². The molecule has 1 aromatic heterocycles. The van der Waals surface area contributed by atoms with Crippen molar-refractivity contribution in [3.8, 4) is 0 Å². The van der Waals surface area contributed by atoms with E-state index >= 15 is 0 Å². The minimum atomic E-state index is -0.799.